The van der Waals surface area contributed by atoms with Crippen molar-refractivity contribution in [1.29, 1.82) is 0 Å². The monoisotopic (exact) mass is 673 g/mol. The second kappa shape index (κ2) is 39.6. The summed E-state index contributed by atoms with van der Waals surface area (Å²) in [6, 6.07) is 0. The summed E-state index contributed by atoms with van der Waals surface area (Å²) in [5, 5.41) is 9.04. The molecule has 0 aromatic heterocycles. The quantitative estimate of drug-likeness (QED) is 0.0403. The molecule has 0 aromatic rings. The number of carboxylic acid groups (broad SMARTS) is 1. The number of ether oxygens (including phenoxy) is 1. The maximum Gasteiger partial charge on any atom is 0.306 e. The van der Waals surface area contributed by atoms with Crippen molar-refractivity contribution in [2.24, 2.45) is 0 Å². The zero-order valence-electron chi connectivity index (χ0n) is 32.0. The lowest BCUT2D eigenvalue weighted by Crippen LogP contribution is -2.18. The molecule has 1 N–H and O–H groups in total. The first kappa shape index (κ1) is 46.2. The average Bonchev–Trinajstić information content (AvgIpc) is 3.07. The molecule has 1 unspecified atom stereocenters. The predicted octanol–water partition coefficient (Wildman–Crippen LogP) is 14.6. The zero-order chi connectivity index (χ0) is 35.0. The van der Waals surface area contributed by atoms with E-state index in [0.29, 0.717) is 19.3 Å². The Morgan fingerprint density at radius 2 is 0.896 bits per heavy atom. The number of hydrogen-bond donors (Lipinski definition) is 1. The molecule has 0 heterocycles. The Bertz CT molecular complexity index is 768. The van der Waals surface area contributed by atoms with E-state index in [2.05, 4.69) is 50.3 Å². The molecule has 280 valence electrons. The van der Waals surface area contributed by atoms with Crippen molar-refractivity contribution in [3.05, 3.63) is 36.5 Å². The molecule has 4 nitrogen and oxygen atoms in total. The van der Waals surface area contributed by atoms with Crippen molar-refractivity contribution in [2.75, 3.05) is 0 Å². The topological polar surface area (TPSA) is 63.6 Å². The molecule has 0 saturated heterocycles. The van der Waals surface area contributed by atoms with Gasteiger partial charge in [0.15, 0.2) is 0 Å². The lowest BCUT2D eigenvalue weighted by atomic mass is 10.0. The minimum atomic E-state index is -0.769. The molecular formula is C44H80O4. The minimum Gasteiger partial charge on any atom is -0.481 e. The third-order valence-electron chi connectivity index (χ3n) is 9.38. The van der Waals surface area contributed by atoms with Gasteiger partial charge in [-0.15, -0.1) is 0 Å². The van der Waals surface area contributed by atoms with Crippen LogP contribution in [-0.4, -0.2) is 23.1 Å². The molecule has 0 aliphatic heterocycles. The van der Waals surface area contributed by atoms with Gasteiger partial charge >= 0.3 is 11.9 Å². The predicted molar refractivity (Wildman–Crippen MR) is 209 cm³/mol. The molecule has 0 saturated carbocycles. The lowest BCUT2D eigenvalue weighted by molar-refractivity contribution is -0.150. The van der Waals surface area contributed by atoms with E-state index in [1.54, 1.807) is 0 Å². The Hall–Kier alpha value is -1.84. The molecule has 48 heavy (non-hydrogen) atoms. The molecule has 0 aliphatic carbocycles. The van der Waals surface area contributed by atoms with Crippen LogP contribution in [0.25, 0.3) is 0 Å². The highest BCUT2D eigenvalue weighted by molar-refractivity contribution is 5.69. The summed E-state index contributed by atoms with van der Waals surface area (Å²) in [5.74, 6) is -0.861. The van der Waals surface area contributed by atoms with Crippen LogP contribution in [0.5, 0.6) is 0 Å². The highest BCUT2D eigenvalue weighted by Gasteiger charge is 2.15. The molecule has 0 aromatic carbocycles. The average molecular weight is 673 g/mol. The van der Waals surface area contributed by atoms with E-state index >= 15 is 0 Å². The number of carbonyl (C=O) groups excluding carboxylic acids is 1. The number of rotatable bonds is 38. The summed E-state index contributed by atoms with van der Waals surface area (Å²) in [6.45, 7) is 4.45. The third kappa shape index (κ3) is 38.6. The molecule has 0 fully saturated rings. The number of aliphatic carboxylic acids is 1. The van der Waals surface area contributed by atoms with Crippen LogP contribution >= 0.6 is 0 Å². The van der Waals surface area contributed by atoms with Crippen LogP contribution in [0.3, 0.4) is 0 Å². The minimum absolute atomic E-state index is 0.0921. The zero-order valence-corrected chi connectivity index (χ0v) is 32.0. The lowest BCUT2D eigenvalue weighted by Gasteiger charge is -2.18. The number of carbonyl (C=O) groups is 2. The van der Waals surface area contributed by atoms with Crippen LogP contribution in [0.15, 0.2) is 36.5 Å². The fourth-order valence-electron chi connectivity index (χ4n) is 6.33. The van der Waals surface area contributed by atoms with Crippen molar-refractivity contribution in [3.63, 3.8) is 0 Å². The van der Waals surface area contributed by atoms with E-state index in [1.165, 1.54) is 141 Å². The van der Waals surface area contributed by atoms with E-state index in [9.17, 15) is 9.59 Å². The molecule has 0 radical (unpaired) electrons. The van der Waals surface area contributed by atoms with Gasteiger partial charge in [-0.05, 0) is 64.2 Å². The molecule has 0 spiro atoms. The maximum absolute atomic E-state index is 12.5. The molecule has 0 rings (SSSR count). The second-order valence-electron chi connectivity index (χ2n) is 14.2. The molecule has 4 heteroatoms. The van der Waals surface area contributed by atoms with E-state index < -0.39 is 5.97 Å². The first-order chi connectivity index (χ1) is 23.6. The summed E-state index contributed by atoms with van der Waals surface area (Å²) >= 11 is 0. The van der Waals surface area contributed by atoms with Crippen molar-refractivity contribution in [2.45, 2.75) is 232 Å². The maximum atomic E-state index is 12.5. The van der Waals surface area contributed by atoms with Crippen LogP contribution in [0.2, 0.25) is 0 Å². The van der Waals surface area contributed by atoms with Gasteiger partial charge in [-0.2, -0.15) is 0 Å². The van der Waals surface area contributed by atoms with Gasteiger partial charge in [-0.1, -0.05) is 185 Å². The number of carboxylic acids is 1. The third-order valence-corrected chi connectivity index (χ3v) is 9.38. The van der Waals surface area contributed by atoms with E-state index in [4.69, 9.17) is 9.84 Å². The number of allylic oxidation sites excluding steroid dienone is 6. The van der Waals surface area contributed by atoms with Gasteiger partial charge in [0.25, 0.3) is 0 Å². The number of hydrogen-bond acceptors (Lipinski definition) is 3. The van der Waals surface area contributed by atoms with E-state index in [-0.39, 0.29) is 18.5 Å². The van der Waals surface area contributed by atoms with Gasteiger partial charge in [0, 0.05) is 12.8 Å². The normalized spacial score (nSPS) is 12.5. The molecule has 0 aliphatic rings. The van der Waals surface area contributed by atoms with Crippen molar-refractivity contribution in [1.82, 2.24) is 0 Å². The fourth-order valence-corrected chi connectivity index (χ4v) is 6.33. The van der Waals surface area contributed by atoms with Crippen LogP contribution in [-0.2, 0) is 14.3 Å². The Morgan fingerprint density at radius 1 is 0.479 bits per heavy atom. The molecule has 0 bridgehead atoms. The largest absolute Gasteiger partial charge is 0.481 e. The number of esters is 1. The van der Waals surface area contributed by atoms with Crippen molar-refractivity contribution in [3.8, 4) is 0 Å². The Balaban J connectivity index is 3.78. The summed E-state index contributed by atoms with van der Waals surface area (Å²) < 4.78 is 5.85. The van der Waals surface area contributed by atoms with E-state index in [1.807, 2.05) is 0 Å². The van der Waals surface area contributed by atoms with Crippen LogP contribution in [0.4, 0.5) is 0 Å². The molecule has 1 atom stereocenters. The summed E-state index contributed by atoms with van der Waals surface area (Å²) in [7, 11) is 0. The van der Waals surface area contributed by atoms with Gasteiger partial charge in [0.2, 0.25) is 0 Å². The van der Waals surface area contributed by atoms with Crippen molar-refractivity contribution < 1.29 is 19.4 Å². The van der Waals surface area contributed by atoms with Gasteiger partial charge in [0.05, 0.1) is 0 Å². The van der Waals surface area contributed by atoms with Crippen LogP contribution in [0.1, 0.15) is 226 Å². The Kier molecular flexibility index (Phi) is 38.1. The summed E-state index contributed by atoms with van der Waals surface area (Å²) in [4.78, 5) is 23.5. The van der Waals surface area contributed by atoms with E-state index in [0.717, 1.165) is 44.9 Å². The first-order valence-corrected chi connectivity index (χ1v) is 21.0. The Morgan fingerprint density at radius 3 is 1.40 bits per heavy atom. The fraction of sp³-hybridized carbons (Fsp3) is 0.818. The standard InChI is InChI=1S/C44H80O4/c1-3-5-7-9-11-13-15-17-19-20-21-22-24-26-28-30-32-34-36-41-44(47)48-42(39-37-40-43(45)46)38-35-33-31-29-27-25-23-18-16-14-12-10-8-6-4-2/h5,7,11,13,17,19,42H,3-4,6,8-10,12,14-16,18,20-41H2,1-2H3,(H,45,46)/b7-5-,13-11-,19-17-. The molecular weight excluding hydrogens is 592 g/mol. The van der Waals surface area contributed by atoms with Crippen LogP contribution < -0.4 is 0 Å². The summed E-state index contributed by atoms with van der Waals surface area (Å²) in [6.07, 6.45) is 51.7. The van der Waals surface area contributed by atoms with Gasteiger partial charge in [0.1, 0.15) is 6.10 Å². The van der Waals surface area contributed by atoms with Crippen LogP contribution in [0, 0.1) is 0 Å². The highest BCUT2D eigenvalue weighted by atomic mass is 16.5. The van der Waals surface area contributed by atoms with Gasteiger partial charge in [-0.3, -0.25) is 9.59 Å². The van der Waals surface area contributed by atoms with Gasteiger partial charge in [-0.25, -0.2) is 0 Å². The highest BCUT2D eigenvalue weighted by Crippen LogP contribution is 2.18. The van der Waals surface area contributed by atoms with Crippen molar-refractivity contribution >= 4 is 11.9 Å². The second-order valence-corrected chi connectivity index (χ2v) is 14.2. The van der Waals surface area contributed by atoms with Gasteiger partial charge < -0.3 is 9.84 Å². The SMILES string of the molecule is CC/C=C\C/C=C\C/C=C\CCCCCCCCCCCC(=O)OC(CCCCCCCCCCCCCCCCC)CCCC(=O)O. The molecule has 0 amide bonds. The summed E-state index contributed by atoms with van der Waals surface area (Å²) in [5.41, 5.74) is 0. The smallest absolute Gasteiger partial charge is 0.306 e. The Labute approximate surface area is 299 Å². The first-order valence-electron chi connectivity index (χ1n) is 21.0. The number of unbranched alkanes of at least 4 members (excludes halogenated alkanes) is 23.